The average molecular weight is 172 g/mol. The van der Waals surface area contributed by atoms with Gasteiger partial charge < -0.3 is 9.57 Å². The third-order valence-electron chi connectivity index (χ3n) is 1.67. The van der Waals surface area contributed by atoms with Crippen LogP contribution in [0.2, 0.25) is 0 Å². The number of allylic oxidation sites excluding steroid dienone is 1. The zero-order valence-corrected chi connectivity index (χ0v) is 7.75. The summed E-state index contributed by atoms with van der Waals surface area (Å²) in [5.74, 6) is 0.698. The van der Waals surface area contributed by atoms with E-state index in [2.05, 4.69) is 11.6 Å². The lowest BCUT2D eigenvalue weighted by Gasteiger charge is -2.33. The zero-order chi connectivity index (χ0) is 8.97. The first-order valence-corrected chi connectivity index (χ1v) is 4.10. The molecule has 0 amide bonds. The number of nitrogens with zero attached hydrogens (tertiary/aromatic N) is 2. The highest BCUT2D eigenvalue weighted by Gasteiger charge is 2.15. The van der Waals surface area contributed by atoms with Crippen molar-refractivity contribution < 1.29 is 9.57 Å². The molecule has 1 rings (SSSR count). The molecule has 4 nitrogen and oxygen atoms in total. The summed E-state index contributed by atoms with van der Waals surface area (Å²) in [4.78, 5) is 5.30. The molecule has 0 aliphatic carbocycles. The number of rotatable bonds is 3. The molecule has 1 aliphatic heterocycles. The van der Waals surface area contributed by atoms with Crippen LogP contribution in [0.4, 0.5) is 0 Å². The van der Waals surface area contributed by atoms with E-state index in [1.807, 2.05) is 14.0 Å². The second-order valence-electron chi connectivity index (χ2n) is 2.82. The minimum atomic E-state index is 0.698. The fourth-order valence-electron chi connectivity index (χ4n) is 1.12. The van der Waals surface area contributed by atoms with Gasteiger partial charge in [-0.2, -0.15) is 0 Å². The molecule has 70 valence electrons. The quantitative estimate of drug-likeness (QED) is 0.460. The van der Waals surface area contributed by atoms with Gasteiger partial charge in [-0.1, -0.05) is 11.8 Å². The average Bonchev–Trinajstić information content (AvgIpc) is 2.05. The van der Waals surface area contributed by atoms with Crippen molar-refractivity contribution in [1.82, 2.24) is 10.2 Å². The molecule has 4 heteroatoms. The molecular formula is C8H16N2O2. The Hall–Kier alpha value is -0.580. The normalized spacial score (nSPS) is 19.6. The van der Waals surface area contributed by atoms with Crippen molar-refractivity contribution in [3.8, 4) is 0 Å². The molecule has 0 aromatic rings. The fourth-order valence-corrected chi connectivity index (χ4v) is 1.12. The SMILES string of the molecule is C=C(C)ON(C)N1CCOCC1. The number of morpholine rings is 1. The van der Waals surface area contributed by atoms with Crippen LogP contribution in [0.1, 0.15) is 6.92 Å². The van der Waals surface area contributed by atoms with Gasteiger partial charge in [0.15, 0.2) is 0 Å². The maximum atomic E-state index is 5.30. The number of ether oxygens (including phenoxy) is 1. The highest BCUT2D eigenvalue weighted by Crippen LogP contribution is 2.03. The van der Waals surface area contributed by atoms with Gasteiger partial charge in [0.05, 0.1) is 13.2 Å². The Morgan fingerprint density at radius 3 is 2.58 bits per heavy atom. The standard InChI is InChI=1S/C8H16N2O2/c1-8(2)12-9(3)10-4-6-11-7-5-10/h1,4-7H2,2-3H3. The molecule has 1 heterocycles. The minimum Gasteiger partial charge on any atom is -0.397 e. The van der Waals surface area contributed by atoms with E-state index in [9.17, 15) is 0 Å². The summed E-state index contributed by atoms with van der Waals surface area (Å²) in [6.07, 6.45) is 0. The van der Waals surface area contributed by atoms with Crippen molar-refractivity contribution in [3.05, 3.63) is 12.3 Å². The molecule has 12 heavy (non-hydrogen) atoms. The molecule has 0 radical (unpaired) electrons. The maximum absolute atomic E-state index is 5.30. The number of hydroxylamine groups is 1. The van der Waals surface area contributed by atoms with Gasteiger partial charge in [-0.15, -0.1) is 0 Å². The summed E-state index contributed by atoms with van der Waals surface area (Å²) < 4.78 is 5.21. The molecular weight excluding hydrogens is 156 g/mol. The predicted octanol–water partition coefficient (Wildman–Crippen LogP) is 0.631. The third-order valence-corrected chi connectivity index (χ3v) is 1.67. The highest BCUT2D eigenvalue weighted by atomic mass is 16.7. The lowest BCUT2D eigenvalue weighted by Crippen LogP contribution is -2.46. The van der Waals surface area contributed by atoms with Gasteiger partial charge >= 0.3 is 0 Å². The molecule has 1 saturated heterocycles. The summed E-state index contributed by atoms with van der Waals surface area (Å²) in [6, 6.07) is 0. The summed E-state index contributed by atoms with van der Waals surface area (Å²) >= 11 is 0. The molecule has 0 aromatic carbocycles. The topological polar surface area (TPSA) is 24.9 Å². The van der Waals surface area contributed by atoms with Crippen molar-refractivity contribution in [1.29, 1.82) is 0 Å². The largest absolute Gasteiger partial charge is 0.397 e. The first-order chi connectivity index (χ1) is 5.70. The molecule has 1 fully saturated rings. The van der Waals surface area contributed by atoms with Crippen LogP contribution < -0.4 is 0 Å². The number of hydrogen-bond donors (Lipinski definition) is 0. The second-order valence-corrected chi connectivity index (χ2v) is 2.82. The van der Waals surface area contributed by atoms with Crippen LogP contribution >= 0.6 is 0 Å². The van der Waals surface area contributed by atoms with Crippen LogP contribution in [0.3, 0.4) is 0 Å². The summed E-state index contributed by atoms with van der Waals surface area (Å²) in [7, 11) is 1.88. The van der Waals surface area contributed by atoms with Crippen molar-refractivity contribution in [3.63, 3.8) is 0 Å². The molecule has 0 atom stereocenters. The van der Waals surface area contributed by atoms with E-state index in [1.165, 1.54) is 0 Å². The predicted molar refractivity (Wildman–Crippen MR) is 46.1 cm³/mol. The molecule has 1 aliphatic rings. The molecule has 0 N–H and O–H groups in total. The Kier molecular flexibility index (Phi) is 3.52. The van der Waals surface area contributed by atoms with Gasteiger partial charge in [-0.05, 0) is 6.92 Å². The summed E-state index contributed by atoms with van der Waals surface area (Å²) in [5.41, 5.74) is 0. The maximum Gasteiger partial charge on any atom is 0.116 e. The fraction of sp³-hybridized carbons (Fsp3) is 0.750. The van der Waals surface area contributed by atoms with E-state index in [1.54, 1.807) is 5.17 Å². The van der Waals surface area contributed by atoms with Gasteiger partial charge in [0.1, 0.15) is 5.76 Å². The Bertz CT molecular complexity index is 155. The summed E-state index contributed by atoms with van der Waals surface area (Å²) in [5, 5.41) is 3.79. The zero-order valence-electron chi connectivity index (χ0n) is 7.75. The van der Waals surface area contributed by atoms with Gasteiger partial charge in [0, 0.05) is 20.1 Å². The van der Waals surface area contributed by atoms with E-state index < -0.39 is 0 Å². The third kappa shape index (κ3) is 2.81. The molecule has 0 aromatic heterocycles. The van der Waals surface area contributed by atoms with Gasteiger partial charge in [-0.3, -0.25) is 0 Å². The minimum absolute atomic E-state index is 0.698. The van der Waals surface area contributed by atoms with Gasteiger partial charge in [0.25, 0.3) is 0 Å². The Labute approximate surface area is 73.3 Å². The number of hydrazine groups is 1. The lowest BCUT2D eigenvalue weighted by molar-refractivity contribution is -0.257. The van der Waals surface area contributed by atoms with Crippen molar-refractivity contribution in [2.75, 3.05) is 33.4 Å². The van der Waals surface area contributed by atoms with Crippen LogP contribution in [0.15, 0.2) is 12.3 Å². The van der Waals surface area contributed by atoms with Gasteiger partial charge in [-0.25, -0.2) is 5.01 Å². The Morgan fingerprint density at radius 2 is 2.08 bits per heavy atom. The van der Waals surface area contributed by atoms with E-state index in [0.29, 0.717) is 5.76 Å². The van der Waals surface area contributed by atoms with Crippen LogP contribution in [0.25, 0.3) is 0 Å². The Morgan fingerprint density at radius 1 is 1.50 bits per heavy atom. The molecule has 0 spiro atoms. The molecule has 0 saturated carbocycles. The van der Waals surface area contributed by atoms with Crippen molar-refractivity contribution in [2.24, 2.45) is 0 Å². The van der Waals surface area contributed by atoms with Crippen LogP contribution in [0.5, 0.6) is 0 Å². The van der Waals surface area contributed by atoms with Crippen LogP contribution in [0, 0.1) is 0 Å². The van der Waals surface area contributed by atoms with E-state index in [-0.39, 0.29) is 0 Å². The summed E-state index contributed by atoms with van der Waals surface area (Å²) in [6.45, 7) is 8.79. The van der Waals surface area contributed by atoms with E-state index in [0.717, 1.165) is 26.3 Å². The number of hydrogen-bond acceptors (Lipinski definition) is 4. The van der Waals surface area contributed by atoms with Crippen LogP contribution in [-0.2, 0) is 9.57 Å². The highest BCUT2D eigenvalue weighted by molar-refractivity contribution is 4.72. The monoisotopic (exact) mass is 172 g/mol. The first-order valence-electron chi connectivity index (χ1n) is 4.10. The van der Waals surface area contributed by atoms with Crippen molar-refractivity contribution >= 4 is 0 Å². The van der Waals surface area contributed by atoms with E-state index >= 15 is 0 Å². The molecule has 0 unspecified atom stereocenters. The van der Waals surface area contributed by atoms with Crippen LogP contribution in [-0.4, -0.2) is 43.5 Å². The molecule has 0 bridgehead atoms. The van der Waals surface area contributed by atoms with Gasteiger partial charge in [0.2, 0.25) is 0 Å². The lowest BCUT2D eigenvalue weighted by atomic mass is 10.5. The van der Waals surface area contributed by atoms with E-state index in [4.69, 9.17) is 9.57 Å². The first kappa shape index (κ1) is 9.51. The van der Waals surface area contributed by atoms with Crippen molar-refractivity contribution in [2.45, 2.75) is 6.92 Å². The smallest absolute Gasteiger partial charge is 0.116 e. The second kappa shape index (κ2) is 4.45. The Balaban J connectivity index is 2.29.